The number of pyridine rings is 1. The van der Waals surface area contributed by atoms with Gasteiger partial charge in [-0.2, -0.15) is 5.26 Å². The maximum atomic E-state index is 12.2. The molecule has 0 fully saturated rings. The van der Waals surface area contributed by atoms with Crippen LogP contribution < -0.4 is 0 Å². The molecular weight excluding hydrogens is 226 g/mol. The molecule has 0 radical (unpaired) electrons. The van der Waals surface area contributed by atoms with Crippen LogP contribution in [-0.2, 0) is 11.3 Å². The van der Waals surface area contributed by atoms with Gasteiger partial charge >= 0.3 is 0 Å². The molecule has 0 saturated heterocycles. The number of carbonyl (C=O) groups is 1. The number of nitriles is 1. The fourth-order valence-electron chi connectivity index (χ4n) is 1.70. The van der Waals surface area contributed by atoms with Crippen LogP contribution in [0.1, 0.15) is 31.7 Å². The van der Waals surface area contributed by atoms with Gasteiger partial charge in [0.15, 0.2) is 0 Å². The smallest absolute Gasteiger partial charge is 0.242 e. The molecule has 0 aliphatic carbocycles. The minimum atomic E-state index is -0.946. The second-order valence-electron chi connectivity index (χ2n) is 4.73. The molecule has 0 N–H and O–H groups in total. The van der Waals surface area contributed by atoms with Crippen molar-refractivity contribution in [3.8, 4) is 6.07 Å². The highest BCUT2D eigenvalue weighted by atomic mass is 16.2. The number of hydrogen-bond donors (Lipinski definition) is 0. The molecule has 1 rings (SSSR count). The number of aromatic nitrogens is 1. The fourth-order valence-corrected chi connectivity index (χ4v) is 1.70. The molecule has 0 aliphatic rings. The van der Waals surface area contributed by atoms with Gasteiger partial charge in [0.25, 0.3) is 0 Å². The highest BCUT2D eigenvalue weighted by Gasteiger charge is 2.33. The van der Waals surface area contributed by atoms with E-state index in [4.69, 9.17) is 5.26 Å². The Kier molecular flexibility index (Phi) is 4.43. The van der Waals surface area contributed by atoms with Gasteiger partial charge in [-0.15, -0.1) is 0 Å². The van der Waals surface area contributed by atoms with Gasteiger partial charge < -0.3 is 4.90 Å². The number of aryl methyl sites for hydroxylation is 1. The lowest BCUT2D eigenvalue weighted by atomic mass is 9.88. The van der Waals surface area contributed by atoms with Crippen molar-refractivity contribution < 1.29 is 4.79 Å². The molecule has 0 aliphatic heterocycles. The summed E-state index contributed by atoms with van der Waals surface area (Å²) in [5, 5.41) is 9.10. The first-order chi connectivity index (χ1) is 8.42. The Balaban J connectivity index is 2.81. The molecule has 0 bridgehead atoms. The Hall–Kier alpha value is -1.89. The van der Waals surface area contributed by atoms with Crippen molar-refractivity contribution in [2.75, 3.05) is 7.05 Å². The van der Waals surface area contributed by atoms with Crippen LogP contribution in [0.3, 0.4) is 0 Å². The Morgan fingerprint density at radius 2 is 2.22 bits per heavy atom. The molecule has 1 aromatic rings. The van der Waals surface area contributed by atoms with E-state index in [1.807, 2.05) is 32.0 Å². The molecule has 0 spiro atoms. The van der Waals surface area contributed by atoms with Gasteiger partial charge in [0.05, 0.1) is 18.3 Å². The molecule has 1 aromatic heterocycles. The summed E-state index contributed by atoms with van der Waals surface area (Å²) in [6, 6.07) is 7.81. The highest BCUT2D eigenvalue weighted by Crippen LogP contribution is 2.23. The second-order valence-corrected chi connectivity index (χ2v) is 4.73. The fraction of sp³-hybridized carbons (Fsp3) is 0.500. The quantitative estimate of drug-likeness (QED) is 0.817. The average molecular weight is 245 g/mol. The lowest BCUT2D eigenvalue weighted by molar-refractivity contribution is -0.137. The SMILES string of the molecule is CCC(C)(C#N)C(=O)N(C)Cc1cccc(C)n1. The van der Waals surface area contributed by atoms with Crippen molar-refractivity contribution in [2.24, 2.45) is 5.41 Å². The molecular formula is C14H19N3O. The third-order valence-electron chi connectivity index (χ3n) is 3.12. The lowest BCUT2D eigenvalue weighted by Gasteiger charge is -2.25. The molecule has 1 amide bonds. The number of hydrogen-bond acceptors (Lipinski definition) is 3. The Morgan fingerprint density at radius 3 is 2.72 bits per heavy atom. The first-order valence-corrected chi connectivity index (χ1v) is 6.02. The van der Waals surface area contributed by atoms with Gasteiger partial charge in [-0.3, -0.25) is 9.78 Å². The van der Waals surface area contributed by atoms with Gasteiger partial charge in [0, 0.05) is 12.7 Å². The number of carbonyl (C=O) groups excluding carboxylic acids is 1. The van der Waals surface area contributed by atoms with Crippen molar-refractivity contribution in [1.29, 1.82) is 5.26 Å². The first-order valence-electron chi connectivity index (χ1n) is 6.02. The minimum absolute atomic E-state index is 0.157. The maximum absolute atomic E-state index is 12.2. The van der Waals surface area contributed by atoms with Crippen molar-refractivity contribution in [3.05, 3.63) is 29.6 Å². The van der Waals surface area contributed by atoms with Gasteiger partial charge in [0.2, 0.25) is 5.91 Å². The maximum Gasteiger partial charge on any atom is 0.242 e. The molecule has 96 valence electrons. The second kappa shape index (κ2) is 5.63. The minimum Gasteiger partial charge on any atom is -0.338 e. The van der Waals surface area contributed by atoms with Gasteiger partial charge in [0.1, 0.15) is 5.41 Å². The molecule has 4 nitrogen and oxygen atoms in total. The van der Waals surface area contributed by atoms with E-state index in [1.165, 1.54) is 0 Å². The highest BCUT2D eigenvalue weighted by molar-refractivity contribution is 5.84. The molecule has 1 unspecified atom stereocenters. The Labute approximate surface area is 108 Å². The van der Waals surface area contributed by atoms with Gasteiger partial charge in [-0.1, -0.05) is 13.0 Å². The number of rotatable bonds is 4. The number of amides is 1. The summed E-state index contributed by atoms with van der Waals surface area (Å²) < 4.78 is 0. The van der Waals surface area contributed by atoms with Crippen molar-refractivity contribution in [1.82, 2.24) is 9.88 Å². The summed E-state index contributed by atoms with van der Waals surface area (Å²) in [6.45, 7) is 5.87. The predicted octanol–water partition coefficient (Wildman–Crippen LogP) is 2.29. The van der Waals surface area contributed by atoms with Crippen LogP contribution in [-0.4, -0.2) is 22.8 Å². The summed E-state index contributed by atoms with van der Waals surface area (Å²) in [5.41, 5.74) is 0.813. The summed E-state index contributed by atoms with van der Waals surface area (Å²) in [6.07, 6.45) is 0.508. The van der Waals surface area contributed by atoms with E-state index in [9.17, 15) is 4.79 Å². The molecule has 1 heterocycles. The lowest BCUT2D eigenvalue weighted by Crippen LogP contribution is -2.38. The third kappa shape index (κ3) is 3.07. The van der Waals surface area contributed by atoms with Gasteiger partial charge in [-0.05, 0) is 32.4 Å². The molecule has 18 heavy (non-hydrogen) atoms. The van der Waals surface area contributed by atoms with E-state index < -0.39 is 5.41 Å². The first kappa shape index (κ1) is 14.2. The standard InChI is InChI=1S/C14H19N3O/c1-5-14(3,10-15)13(18)17(4)9-12-8-6-7-11(2)16-12/h6-8H,5,9H2,1-4H3. The van der Waals surface area contributed by atoms with E-state index in [2.05, 4.69) is 11.1 Å². The number of nitrogens with zero attached hydrogens (tertiary/aromatic N) is 3. The molecule has 1 atom stereocenters. The Morgan fingerprint density at radius 1 is 1.56 bits per heavy atom. The van der Waals surface area contributed by atoms with E-state index in [0.717, 1.165) is 11.4 Å². The van der Waals surface area contributed by atoms with Crippen LogP contribution in [0, 0.1) is 23.7 Å². The van der Waals surface area contributed by atoms with E-state index in [-0.39, 0.29) is 5.91 Å². The zero-order valence-corrected chi connectivity index (χ0v) is 11.4. The zero-order valence-electron chi connectivity index (χ0n) is 11.4. The van der Waals surface area contributed by atoms with E-state index in [1.54, 1.807) is 18.9 Å². The summed E-state index contributed by atoms with van der Waals surface area (Å²) in [4.78, 5) is 18.1. The van der Waals surface area contributed by atoms with Crippen LogP contribution in [0.5, 0.6) is 0 Å². The summed E-state index contributed by atoms with van der Waals surface area (Å²) in [5.74, 6) is -0.157. The summed E-state index contributed by atoms with van der Waals surface area (Å²) >= 11 is 0. The van der Waals surface area contributed by atoms with Crippen LogP contribution >= 0.6 is 0 Å². The average Bonchev–Trinajstić information content (AvgIpc) is 2.37. The largest absolute Gasteiger partial charge is 0.338 e. The van der Waals surface area contributed by atoms with E-state index >= 15 is 0 Å². The molecule has 4 heteroatoms. The van der Waals surface area contributed by atoms with Gasteiger partial charge in [-0.25, -0.2) is 0 Å². The molecule has 0 aromatic carbocycles. The van der Waals surface area contributed by atoms with Crippen LogP contribution in [0.25, 0.3) is 0 Å². The predicted molar refractivity (Wildman–Crippen MR) is 69.5 cm³/mol. The monoisotopic (exact) mass is 245 g/mol. The van der Waals surface area contributed by atoms with Crippen molar-refractivity contribution >= 4 is 5.91 Å². The zero-order chi connectivity index (χ0) is 13.8. The third-order valence-corrected chi connectivity index (χ3v) is 3.12. The van der Waals surface area contributed by atoms with Crippen molar-refractivity contribution in [3.63, 3.8) is 0 Å². The van der Waals surface area contributed by atoms with Crippen LogP contribution in [0.15, 0.2) is 18.2 Å². The van der Waals surface area contributed by atoms with Crippen molar-refractivity contribution in [2.45, 2.75) is 33.7 Å². The topological polar surface area (TPSA) is 57.0 Å². The van der Waals surface area contributed by atoms with E-state index in [0.29, 0.717) is 13.0 Å². The summed E-state index contributed by atoms with van der Waals surface area (Å²) in [7, 11) is 1.71. The normalized spacial score (nSPS) is 13.5. The molecule has 0 saturated carbocycles. The Bertz CT molecular complexity index is 478. The van der Waals surface area contributed by atoms with Crippen LogP contribution in [0.2, 0.25) is 0 Å². The van der Waals surface area contributed by atoms with Crippen LogP contribution in [0.4, 0.5) is 0 Å².